The van der Waals surface area contributed by atoms with Crippen molar-refractivity contribution in [2.75, 3.05) is 0 Å². The fourth-order valence-corrected chi connectivity index (χ4v) is 3.18. The van der Waals surface area contributed by atoms with Crippen LogP contribution in [-0.2, 0) is 4.74 Å². The first-order chi connectivity index (χ1) is 7.86. The largest absolute Gasteiger partial charge is 0.445 e. The van der Waals surface area contributed by atoms with Crippen LogP contribution in [0.3, 0.4) is 0 Å². The standard InChI is InChI=1S/C10H5N3OS2/c11-4-6-3-7-8(14-5-6)13-10(16-7)9-12-1-2-15-9/h1-3,5,10H. The summed E-state index contributed by atoms with van der Waals surface area (Å²) in [4.78, 5) is 9.53. The topological polar surface area (TPSA) is 58.3 Å². The molecule has 0 amide bonds. The molecular formula is C10H5N3OS2. The highest BCUT2D eigenvalue weighted by atomic mass is 32.2. The van der Waals surface area contributed by atoms with Crippen LogP contribution in [0.15, 0.2) is 39.4 Å². The molecule has 6 heteroatoms. The highest BCUT2D eigenvalue weighted by molar-refractivity contribution is 8.04. The van der Waals surface area contributed by atoms with E-state index in [2.05, 4.69) is 9.98 Å². The van der Waals surface area contributed by atoms with Crippen LogP contribution in [0.5, 0.6) is 0 Å². The molecule has 3 rings (SSSR count). The van der Waals surface area contributed by atoms with E-state index in [-0.39, 0.29) is 5.37 Å². The van der Waals surface area contributed by atoms with Gasteiger partial charge >= 0.3 is 0 Å². The molecule has 1 atom stereocenters. The minimum Gasteiger partial charge on any atom is -0.445 e. The highest BCUT2D eigenvalue weighted by Crippen LogP contribution is 2.44. The number of aliphatic imine (C=N–C) groups is 1. The third-order valence-electron chi connectivity index (χ3n) is 2.06. The molecule has 0 radical (unpaired) electrons. The Hall–Kier alpha value is -1.58. The zero-order chi connectivity index (χ0) is 11.0. The molecule has 0 bridgehead atoms. The van der Waals surface area contributed by atoms with Crippen molar-refractivity contribution in [2.24, 2.45) is 4.99 Å². The Balaban J connectivity index is 1.90. The van der Waals surface area contributed by atoms with Gasteiger partial charge in [0, 0.05) is 11.6 Å². The summed E-state index contributed by atoms with van der Waals surface area (Å²) in [6.07, 6.45) is 4.98. The van der Waals surface area contributed by atoms with Gasteiger partial charge in [0.05, 0.1) is 10.5 Å². The van der Waals surface area contributed by atoms with E-state index < -0.39 is 0 Å². The zero-order valence-electron chi connectivity index (χ0n) is 7.95. The maximum absolute atomic E-state index is 8.76. The second-order valence-corrected chi connectivity index (χ2v) is 5.13. The summed E-state index contributed by atoms with van der Waals surface area (Å²) < 4.78 is 5.29. The molecule has 16 heavy (non-hydrogen) atoms. The van der Waals surface area contributed by atoms with E-state index in [0.717, 1.165) is 9.91 Å². The number of hydrogen-bond acceptors (Lipinski definition) is 6. The molecule has 1 aromatic rings. The van der Waals surface area contributed by atoms with E-state index in [4.69, 9.17) is 10.00 Å². The van der Waals surface area contributed by atoms with E-state index in [9.17, 15) is 0 Å². The number of aromatic nitrogens is 1. The van der Waals surface area contributed by atoms with Crippen molar-refractivity contribution in [1.29, 1.82) is 5.26 Å². The molecule has 0 aliphatic carbocycles. The van der Waals surface area contributed by atoms with Gasteiger partial charge in [0.25, 0.3) is 0 Å². The number of nitriles is 1. The number of fused-ring (bicyclic) bond motifs is 1. The predicted molar refractivity (Wildman–Crippen MR) is 62.7 cm³/mol. The van der Waals surface area contributed by atoms with Crippen LogP contribution in [0.2, 0.25) is 0 Å². The number of ether oxygens (including phenoxy) is 1. The summed E-state index contributed by atoms with van der Waals surface area (Å²) in [6, 6.07) is 2.04. The van der Waals surface area contributed by atoms with E-state index in [1.165, 1.54) is 6.26 Å². The Labute approximate surface area is 100.0 Å². The van der Waals surface area contributed by atoms with Gasteiger partial charge in [0.1, 0.15) is 17.3 Å². The van der Waals surface area contributed by atoms with E-state index in [1.807, 2.05) is 11.4 Å². The first-order valence-electron chi connectivity index (χ1n) is 4.49. The number of rotatable bonds is 1. The molecule has 0 aromatic carbocycles. The van der Waals surface area contributed by atoms with Crippen LogP contribution < -0.4 is 0 Å². The average molecular weight is 247 g/mol. The Morgan fingerprint density at radius 2 is 2.44 bits per heavy atom. The van der Waals surface area contributed by atoms with E-state index in [0.29, 0.717) is 11.5 Å². The van der Waals surface area contributed by atoms with Crippen LogP contribution in [0, 0.1) is 11.3 Å². The average Bonchev–Trinajstić information content (AvgIpc) is 2.96. The van der Waals surface area contributed by atoms with Crippen LogP contribution in [0.1, 0.15) is 10.4 Å². The van der Waals surface area contributed by atoms with E-state index >= 15 is 0 Å². The maximum atomic E-state index is 8.76. The van der Waals surface area contributed by atoms with Gasteiger partial charge in [-0.15, -0.1) is 11.3 Å². The summed E-state index contributed by atoms with van der Waals surface area (Å²) in [5, 5.41) is 11.6. The third kappa shape index (κ3) is 1.54. The molecule has 1 unspecified atom stereocenters. The number of allylic oxidation sites excluding steroid dienone is 2. The smallest absolute Gasteiger partial charge is 0.229 e. The molecule has 0 saturated carbocycles. The number of thioether (sulfide) groups is 1. The summed E-state index contributed by atoms with van der Waals surface area (Å²) >= 11 is 3.13. The lowest BCUT2D eigenvalue weighted by atomic mass is 10.2. The Bertz CT molecular complexity index is 551. The first-order valence-corrected chi connectivity index (χ1v) is 6.25. The highest BCUT2D eigenvalue weighted by Gasteiger charge is 2.29. The molecule has 0 saturated heterocycles. The van der Waals surface area contributed by atoms with Gasteiger partial charge in [-0.1, -0.05) is 11.8 Å². The monoisotopic (exact) mass is 247 g/mol. The van der Waals surface area contributed by atoms with Crippen LogP contribution >= 0.6 is 23.1 Å². The summed E-state index contributed by atoms with van der Waals surface area (Å²) in [6.45, 7) is 0. The summed E-state index contributed by atoms with van der Waals surface area (Å²) in [5.41, 5.74) is 0.515. The van der Waals surface area contributed by atoms with Crippen LogP contribution in [0.4, 0.5) is 0 Å². The van der Waals surface area contributed by atoms with Crippen molar-refractivity contribution in [3.05, 3.63) is 39.4 Å². The number of nitrogens with zero attached hydrogens (tertiary/aromatic N) is 3. The Kier molecular flexibility index (Phi) is 2.27. The predicted octanol–water partition coefficient (Wildman–Crippen LogP) is 2.61. The first kappa shape index (κ1) is 9.63. The normalized spacial score (nSPS) is 22.4. The van der Waals surface area contributed by atoms with Crippen molar-refractivity contribution in [1.82, 2.24) is 4.98 Å². The minimum atomic E-state index is -0.0345. The van der Waals surface area contributed by atoms with Crippen LogP contribution in [-0.4, -0.2) is 10.9 Å². The molecule has 4 nitrogen and oxygen atoms in total. The van der Waals surface area contributed by atoms with Crippen molar-refractivity contribution in [2.45, 2.75) is 5.37 Å². The third-order valence-corrected chi connectivity index (χ3v) is 4.14. The molecule has 2 aliphatic rings. The van der Waals surface area contributed by atoms with Gasteiger partial charge in [-0.05, 0) is 6.08 Å². The van der Waals surface area contributed by atoms with Gasteiger partial charge in [-0.2, -0.15) is 5.26 Å². The molecule has 3 heterocycles. The Morgan fingerprint density at radius 1 is 1.50 bits per heavy atom. The number of thiazole rings is 1. The van der Waals surface area contributed by atoms with Gasteiger partial charge in [-0.3, -0.25) is 0 Å². The van der Waals surface area contributed by atoms with Crippen molar-refractivity contribution < 1.29 is 4.74 Å². The fraction of sp³-hybridized carbons (Fsp3) is 0.100. The second-order valence-electron chi connectivity index (χ2n) is 3.09. The fourth-order valence-electron chi connectivity index (χ4n) is 1.37. The lowest BCUT2D eigenvalue weighted by Crippen LogP contribution is -2.02. The molecule has 78 valence electrons. The van der Waals surface area contributed by atoms with Crippen molar-refractivity contribution in [3.8, 4) is 6.07 Å². The molecule has 0 spiro atoms. The second kappa shape index (κ2) is 3.77. The zero-order valence-corrected chi connectivity index (χ0v) is 9.59. The van der Waals surface area contributed by atoms with Crippen molar-refractivity contribution in [3.63, 3.8) is 0 Å². The van der Waals surface area contributed by atoms with Crippen molar-refractivity contribution >= 4 is 29.0 Å². The van der Waals surface area contributed by atoms with E-state index in [1.54, 1.807) is 35.4 Å². The Morgan fingerprint density at radius 3 is 3.19 bits per heavy atom. The molecule has 0 N–H and O–H groups in total. The summed E-state index contributed by atoms with van der Waals surface area (Å²) in [5.74, 6) is 0.587. The van der Waals surface area contributed by atoms with Gasteiger partial charge in [-0.25, -0.2) is 9.98 Å². The van der Waals surface area contributed by atoms with Gasteiger partial charge in [0.2, 0.25) is 5.90 Å². The molecular weight excluding hydrogens is 242 g/mol. The summed E-state index contributed by atoms with van der Waals surface area (Å²) in [7, 11) is 0. The molecule has 2 aliphatic heterocycles. The van der Waals surface area contributed by atoms with Gasteiger partial charge in [0.15, 0.2) is 5.37 Å². The quantitative estimate of drug-likeness (QED) is 0.765. The van der Waals surface area contributed by atoms with Gasteiger partial charge < -0.3 is 4.74 Å². The lowest BCUT2D eigenvalue weighted by Gasteiger charge is -2.06. The maximum Gasteiger partial charge on any atom is 0.229 e. The lowest BCUT2D eigenvalue weighted by molar-refractivity contribution is 0.467. The minimum absolute atomic E-state index is 0.0345. The molecule has 1 aromatic heterocycles. The van der Waals surface area contributed by atoms with Crippen LogP contribution in [0.25, 0.3) is 0 Å². The molecule has 0 fully saturated rings. The number of hydrogen-bond donors (Lipinski definition) is 0. The SMILES string of the molecule is N#CC1=COC2=NC(c3nccs3)SC2=C1.